The lowest BCUT2D eigenvalue weighted by Crippen LogP contribution is -2.36. The van der Waals surface area contributed by atoms with E-state index in [4.69, 9.17) is 13.9 Å². The first-order chi connectivity index (χ1) is 9.20. The Morgan fingerprint density at radius 3 is 2.68 bits per heavy atom. The van der Waals surface area contributed by atoms with Crippen LogP contribution < -0.4 is 15.4 Å². The smallest absolute Gasteiger partial charge is 0.419 e. The van der Waals surface area contributed by atoms with Gasteiger partial charge in [0, 0.05) is 32.3 Å². The molecule has 6 heteroatoms. The number of hydrogen-bond donors (Lipinski definition) is 0. The van der Waals surface area contributed by atoms with Crippen molar-refractivity contribution in [2.45, 2.75) is 0 Å². The fourth-order valence-corrected chi connectivity index (χ4v) is 2.34. The molecule has 102 valence electrons. The normalized spacial score (nSPS) is 16.0. The summed E-state index contributed by atoms with van der Waals surface area (Å²) in [6, 6.07) is 3.71. The Labute approximate surface area is 110 Å². The lowest BCUT2D eigenvalue weighted by Gasteiger charge is -2.28. The highest BCUT2D eigenvalue weighted by atomic mass is 16.5. The van der Waals surface area contributed by atoms with Gasteiger partial charge in [-0.3, -0.25) is 4.57 Å². The number of aryl methyl sites for hydroxylation is 1. The molecule has 3 rings (SSSR count). The first-order valence-corrected chi connectivity index (χ1v) is 6.21. The van der Waals surface area contributed by atoms with Gasteiger partial charge in [0.15, 0.2) is 5.58 Å². The molecule has 0 radical (unpaired) electrons. The van der Waals surface area contributed by atoms with Crippen LogP contribution in [0.15, 0.2) is 21.3 Å². The molecule has 1 aliphatic rings. The Balaban J connectivity index is 2.20. The summed E-state index contributed by atoms with van der Waals surface area (Å²) in [6.07, 6.45) is 0. The molecule has 2 heterocycles. The molecule has 0 bridgehead atoms. The molecule has 1 saturated heterocycles. The van der Waals surface area contributed by atoms with Gasteiger partial charge < -0.3 is 18.8 Å². The number of hydrogen-bond acceptors (Lipinski definition) is 5. The van der Waals surface area contributed by atoms with E-state index < -0.39 is 0 Å². The Morgan fingerprint density at radius 1 is 1.26 bits per heavy atom. The number of morpholine rings is 1. The van der Waals surface area contributed by atoms with Crippen LogP contribution in [-0.4, -0.2) is 38.0 Å². The number of aromatic nitrogens is 1. The summed E-state index contributed by atoms with van der Waals surface area (Å²) < 4.78 is 17.5. The van der Waals surface area contributed by atoms with E-state index >= 15 is 0 Å². The number of fused-ring (bicyclic) bond motifs is 1. The van der Waals surface area contributed by atoms with Crippen LogP contribution in [0.5, 0.6) is 5.75 Å². The molecule has 0 saturated carbocycles. The van der Waals surface area contributed by atoms with Crippen LogP contribution in [0.4, 0.5) is 5.69 Å². The van der Waals surface area contributed by atoms with Crippen molar-refractivity contribution in [2.75, 3.05) is 38.3 Å². The van der Waals surface area contributed by atoms with Gasteiger partial charge in [0.2, 0.25) is 0 Å². The van der Waals surface area contributed by atoms with Crippen LogP contribution in [0, 0.1) is 0 Å². The van der Waals surface area contributed by atoms with Crippen LogP contribution in [0.1, 0.15) is 0 Å². The third-order valence-corrected chi connectivity index (χ3v) is 3.44. The van der Waals surface area contributed by atoms with E-state index in [1.807, 2.05) is 12.1 Å². The molecule has 6 nitrogen and oxygen atoms in total. The predicted octanol–water partition coefficient (Wildman–Crippen LogP) is 0.977. The van der Waals surface area contributed by atoms with E-state index in [2.05, 4.69) is 4.90 Å². The summed E-state index contributed by atoms with van der Waals surface area (Å²) in [4.78, 5) is 13.8. The Kier molecular flexibility index (Phi) is 2.94. The van der Waals surface area contributed by atoms with Crippen molar-refractivity contribution < 1.29 is 13.9 Å². The monoisotopic (exact) mass is 264 g/mol. The highest BCUT2D eigenvalue weighted by molar-refractivity contribution is 5.88. The molecule has 1 fully saturated rings. The molecule has 19 heavy (non-hydrogen) atoms. The minimum absolute atomic E-state index is 0.363. The van der Waals surface area contributed by atoms with E-state index in [1.165, 1.54) is 4.57 Å². The van der Waals surface area contributed by atoms with Crippen LogP contribution >= 0.6 is 0 Å². The average Bonchev–Trinajstić information content (AvgIpc) is 2.74. The van der Waals surface area contributed by atoms with Crippen LogP contribution in [0.25, 0.3) is 11.1 Å². The van der Waals surface area contributed by atoms with Crippen LogP contribution in [0.2, 0.25) is 0 Å². The van der Waals surface area contributed by atoms with Crippen molar-refractivity contribution in [3.05, 3.63) is 22.7 Å². The van der Waals surface area contributed by atoms with Crippen LogP contribution in [0.3, 0.4) is 0 Å². The second kappa shape index (κ2) is 4.62. The Hall–Kier alpha value is -1.95. The zero-order chi connectivity index (χ0) is 13.4. The third kappa shape index (κ3) is 1.98. The molecule has 0 atom stereocenters. The van der Waals surface area contributed by atoms with E-state index in [0.29, 0.717) is 24.5 Å². The van der Waals surface area contributed by atoms with Gasteiger partial charge in [-0.15, -0.1) is 0 Å². The molecule has 0 amide bonds. The number of ether oxygens (including phenoxy) is 2. The van der Waals surface area contributed by atoms with Crippen molar-refractivity contribution in [2.24, 2.45) is 7.05 Å². The molecule has 1 aromatic carbocycles. The largest absolute Gasteiger partial charge is 0.497 e. The van der Waals surface area contributed by atoms with Gasteiger partial charge in [0.1, 0.15) is 5.75 Å². The molecule has 0 unspecified atom stereocenters. The zero-order valence-electron chi connectivity index (χ0n) is 11.0. The second-order valence-electron chi connectivity index (χ2n) is 4.52. The maximum Gasteiger partial charge on any atom is 0.419 e. The summed E-state index contributed by atoms with van der Waals surface area (Å²) in [7, 11) is 3.30. The second-order valence-corrected chi connectivity index (χ2v) is 4.52. The summed E-state index contributed by atoms with van der Waals surface area (Å²) >= 11 is 0. The number of oxazole rings is 1. The predicted molar refractivity (Wildman–Crippen MR) is 71.0 cm³/mol. The van der Waals surface area contributed by atoms with E-state index in [-0.39, 0.29) is 5.76 Å². The van der Waals surface area contributed by atoms with Crippen molar-refractivity contribution in [3.63, 3.8) is 0 Å². The number of benzene rings is 1. The lowest BCUT2D eigenvalue weighted by molar-refractivity contribution is 0.122. The van der Waals surface area contributed by atoms with Gasteiger partial charge in [-0.05, 0) is 0 Å². The van der Waals surface area contributed by atoms with Gasteiger partial charge in [0.25, 0.3) is 0 Å². The van der Waals surface area contributed by atoms with Gasteiger partial charge in [0.05, 0.1) is 31.5 Å². The molecule has 0 spiro atoms. The van der Waals surface area contributed by atoms with Crippen molar-refractivity contribution >= 4 is 16.8 Å². The highest BCUT2D eigenvalue weighted by Gasteiger charge is 2.19. The molecule has 2 aromatic rings. The molecule has 1 aromatic heterocycles. The number of rotatable bonds is 2. The first-order valence-electron chi connectivity index (χ1n) is 6.21. The Morgan fingerprint density at radius 2 is 2.00 bits per heavy atom. The van der Waals surface area contributed by atoms with E-state index in [9.17, 15) is 4.79 Å². The van der Waals surface area contributed by atoms with Crippen molar-refractivity contribution in [1.82, 2.24) is 4.57 Å². The molecule has 0 aliphatic carbocycles. The zero-order valence-corrected chi connectivity index (χ0v) is 11.0. The SMILES string of the molecule is COc1cc(N2CCOCC2)c2oc(=O)n(C)c2c1. The fraction of sp³-hybridized carbons (Fsp3) is 0.462. The Bertz CT molecular complexity index is 652. The van der Waals surface area contributed by atoms with Gasteiger partial charge >= 0.3 is 5.76 Å². The first kappa shape index (κ1) is 12.1. The summed E-state index contributed by atoms with van der Waals surface area (Å²) in [5.74, 6) is 0.350. The number of methoxy groups -OCH3 is 1. The van der Waals surface area contributed by atoms with Gasteiger partial charge in [-0.25, -0.2) is 4.79 Å². The van der Waals surface area contributed by atoms with Crippen LogP contribution in [-0.2, 0) is 11.8 Å². The standard InChI is InChI=1S/C13H16N2O4/c1-14-10-7-9(17-2)8-11(12(10)19-13(14)16)15-3-5-18-6-4-15/h7-8H,3-6H2,1-2H3. The quantitative estimate of drug-likeness (QED) is 0.809. The lowest BCUT2D eigenvalue weighted by atomic mass is 10.2. The fourth-order valence-electron chi connectivity index (χ4n) is 2.34. The number of anilines is 1. The summed E-state index contributed by atoms with van der Waals surface area (Å²) in [5.41, 5.74) is 2.23. The minimum Gasteiger partial charge on any atom is -0.497 e. The van der Waals surface area contributed by atoms with Crippen molar-refractivity contribution in [3.8, 4) is 5.75 Å². The molecule has 0 N–H and O–H groups in total. The summed E-state index contributed by atoms with van der Waals surface area (Å²) in [5, 5.41) is 0. The minimum atomic E-state index is -0.363. The topological polar surface area (TPSA) is 56.8 Å². The maximum atomic E-state index is 11.7. The van der Waals surface area contributed by atoms with Crippen molar-refractivity contribution in [1.29, 1.82) is 0 Å². The maximum absolute atomic E-state index is 11.7. The third-order valence-electron chi connectivity index (χ3n) is 3.44. The highest BCUT2D eigenvalue weighted by Crippen LogP contribution is 2.31. The van der Waals surface area contributed by atoms with Gasteiger partial charge in [-0.2, -0.15) is 0 Å². The molecular weight excluding hydrogens is 248 g/mol. The molecule has 1 aliphatic heterocycles. The number of nitrogens with zero attached hydrogens (tertiary/aromatic N) is 2. The van der Waals surface area contributed by atoms with E-state index in [0.717, 1.165) is 24.3 Å². The van der Waals surface area contributed by atoms with E-state index in [1.54, 1.807) is 14.2 Å². The summed E-state index contributed by atoms with van der Waals surface area (Å²) in [6.45, 7) is 2.91. The average molecular weight is 264 g/mol. The molecular formula is C13H16N2O4. The van der Waals surface area contributed by atoms with Gasteiger partial charge in [-0.1, -0.05) is 0 Å².